The molecule has 1 aliphatic carbocycles. The first-order chi connectivity index (χ1) is 12.0. The monoisotopic (exact) mass is 340 g/mol. The fraction of sp³-hybridized carbons (Fsp3) is 0.476. The molecule has 2 aromatic rings. The van der Waals surface area contributed by atoms with Crippen molar-refractivity contribution in [2.75, 3.05) is 6.54 Å². The summed E-state index contributed by atoms with van der Waals surface area (Å²) < 4.78 is 2.22. The second-order valence-corrected chi connectivity index (χ2v) is 7.21. The smallest absolute Gasteiger partial charge is 0.253 e. The normalized spacial score (nSPS) is 21.3. The van der Waals surface area contributed by atoms with Crippen LogP contribution in [-0.2, 0) is 0 Å². The van der Waals surface area contributed by atoms with Gasteiger partial charge in [-0.2, -0.15) is 0 Å². The Morgan fingerprint density at radius 2 is 2.00 bits per heavy atom. The summed E-state index contributed by atoms with van der Waals surface area (Å²) in [5.74, 6) is 0.148. The molecule has 1 amide bonds. The molecule has 3 atom stereocenters. The van der Waals surface area contributed by atoms with E-state index in [4.69, 9.17) is 0 Å². The number of hydrogen-bond donors (Lipinski definition) is 2. The number of aromatic nitrogens is 1. The maximum atomic E-state index is 12.6. The van der Waals surface area contributed by atoms with E-state index >= 15 is 0 Å². The quantitative estimate of drug-likeness (QED) is 0.874. The summed E-state index contributed by atoms with van der Waals surface area (Å²) >= 11 is 0. The third kappa shape index (κ3) is 3.64. The van der Waals surface area contributed by atoms with E-state index in [1.165, 1.54) is 5.56 Å². The van der Waals surface area contributed by atoms with Gasteiger partial charge in [-0.25, -0.2) is 0 Å². The van der Waals surface area contributed by atoms with Gasteiger partial charge in [-0.3, -0.25) is 4.79 Å². The molecular weight excluding hydrogens is 312 g/mol. The fourth-order valence-corrected chi connectivity index (χ4v) is 4.06. The Bertz CT molecular complexity index is 736. The van der Waals surface area contributed by atoms with Crippen molar-refractivity contribution >= 4 is 5.91 Å². The summed E-state index contributed by atoms with van der Waals surface area (Å²) in [6.45, 7) is 6.76. The van der Waals surface area contributed by atoms with E-state index in [0.29, 0.717) is 6.54 Å². The van der Waals surface area contributed by atoms with E-state index < -0.39 is 0 Å². The first-order valence-corrected chi connectivity index (χ1v) is 9.18. The minimum Gasteiger partial charge on any atom is -0.393 e. The number of aryl methyl sites for hydroxylation is 1. The van der Waals surface area contributed by atoms with E-state index in [-0.39, 0.29) is 24.0 Å². The van der Waals surface area contributed by atoms with Crippen molar-refractivity contribution in [3.8, 4) is 0 Å². The molecule has 0 radical (unpaired) electrons. The van der Waals surface area contributed by atoms with Crippen molar-refractivity contribution in [1.82, 2.24) is 9.88 Å². The summed E-state index contributed by atoms with van der Waals surface area (Å²) in [4.78, 5) is 12.6. The van der Waals surface area contributed by atoms with Crippen molar-refractivity contribution < 1.29 is 9.90 Å². The predicted molar refractivity (Wildman–Crippen MR) is 99.8 cm³/mol. The molecule has 25 heavy (non-hydrogen) atoms. The van der Waals surface area contributed by atoms with Gasteiger partial charge in [-0.15, -0.1) is 0 Å². The molecule has 4 nitrogen and oxygen atoms in total. The number of nitrogens with zero attached hydrogens (tertiary/aromatic N) is 1. The lowest BCUT2D eigenvalue weighted by atomic mass is 10.1. The number of nitrogens with one attached hydrogen (secondary N) is 1. The Morgan fingerprint density at radius 3 is 2.64 bits per heavy atom. The SMILES string of the molecule is Cc1cc(C(=O)NCC2CCCC2O)c(C)n1C(C)c1ccccc1. The molecule has 0 aliphatic heterocycles. The highest BCUT2D eigenvalue weighted by Crippen LogP contribution is 2.27. The molecule has 134 valence electrons. The fourth-order valence-electron chi connectivity index (χ4n) is 4.06. The van der Waals surface area contributed by atoms with Crippen molar-refractivity contribution in [3.63, 3.8) is 0 Å². The lowest BCUT2D eigenvalue weighted by Gasteiger charge is -2.19. The molecule has 3 rings (SSSR count). The molecule has 0 saturated heterocycles. The summed E-state index contributed by atoms with van der Waals surface area (Å²) in [5.41, 5.74) is 4.02. The van der Waals surface area contributed by atoms with Crippen LogP contribution in [0.1, 0.15) is 59.5 Å². The first kappa shape index (κ1) is 17.7. The van der Waals surface area contributed by atoms with Gasteiger partial charge in [-0.05, 0) is 45.2 Å². The van der Waals surface area contributed by atoms with Gasteiger partial charge < -0.3 is 15.0 Å². The topological polar surface area (TPSA) is 54.3 Å². The molecule has 4 heteroatoms. The number of carbonyl (C=O) groups is 1. The lowest BCUT2D eigenvalue weighted by molar-refractivity contribution is 0.0916. The van der Waals surface area contributed by atoms with Crippen molar-refractivity contribution in [2.45, 2.75) is 52.2 Å². The number of hydrogen-bond acceptors (Lipinski definition) is 2. The second-order valence-electron chi connectivity index (χ2n) is 7.21. The molecule has 1 fully saturated rings. The predicted octanol–water partition coefficient (Wildman–Crippen LogP) is 3.61. The van der Waals surface area contributed by atoms with Gasteiger partial charge in [0.25, 0.3) is 5.91 Å². The number of carbonyl (C=O) groups excluding carboxylic acids is 1. The van der Waals surface area contributed by atoms with Gasteiger partial charge in [0, 0.05) is 23.9 Å². The van der Waals surface area contributed by atoms with Crippen LogP contribution in [0.4, 0.5) is 0 Å². The van der Waals surface area contributed by atoms with Crippen LogP contribution in [0.2, 0.25) is 0 Å². The largest absolute Gasteiger partial charge is 0.393 e. The van der Waals surface area contributed by atoms with E-state index in [1.54, 1.807) is 0 Å². The van der Waals surface area contributed by atoms with Crippen LogP contribution in [0.25, 0.3) is 0 Å². The Hall–Kier alpha value is -2.07. The Balaban J connectivity index is 1.76. The lowest BCUT2D eigenvalue weighted by Crippen LogP contribution is -2.32. The van der Waals surface area contributed by atoms with Gasteiger partial charge in [0.1, 0.15) is 0 Å². The van der Waals surface area contributed by atoms with Crippen molar-refractivity contribution in [1.29, 1.82) is 0 Å². The van der Waals surface area contributed by atoms with Crippen LogP contribution >= 0.6 is 0 Å². The highest BCUT2D eigenvalue weighted by atomic mass is 16.3. The molecule has 0 bridgehead atoms. The summed E-state index contributed by atoms with van der Waals surface area (Å²) in [6, 6.07) is 12.5. The van der Waals surface area contributed by atoms with E-state index in [1.807, 2.05) is 38.1 Å². The zero-order chi connectivity index (χ0) is 18.0. The molecule has 0 spiro atoms. The Kier molecular flexibility index (Phi) is 5.28. The molecule has 3 unspecified atom stereocenters. The van der Waals surface area contributed by atoms with Crippen LogP contribution < -0.4 is 5.32 Å². The number of amides is 1. The summed E-state index contributed by atoms with van der Waals surface area (Å²) in [7, 11) is 0. The third-order valence-electron chi connectivity index (χ3n) is 5.54. The van der Waals surface area contributed by atoms with E-state index in [0.717, 1.165) is 36.2 Å². The van der Waals surface area contributed by atoms with Crippen molar-refractivity contribution in [2.24, 2.45) is 5.92 Å². The van der Waals surface area contributed by atoms with Gasteiger partial charge >= 0.3 is 0 Å². The maximum absolute atomic E-state index is 12.6. The highest BCUT2D eigenvalue weighted by Gasteiger charge is 2.26. The molecule has 1 heterocycles. The van der Waals surface area contributed by atoms with Gasteiger partial charge in [-0.1, -0.05) is 36.8 Å². The van der Waals surface area contributed by atoms with Crippen LogP contribution in [0.5, 0.6) is 0 Å². The zero-order valence-corrected chi connectivity index (χ0v) is 15.3. The molecule has 1 saturated carbocycles. The van der Waals surface area contributed by atoms with Crippen LogP contribution in [0, 0.1) is 19.8 Å². The molecular formula is C21H28N2O2. The van der Waals surface area contributed by atoms with Gasteiger partial charge in [0.15, 0.2) is 0 Å². The molecule has 1 aromatic carbocycles. The number of rotatable bonds is 5. The molecule has 1 aromatic heterocycles. The second kappa shape index (κ2) is 7.44. The summed E-state index contributed by atoms with van der Waals surface area (Å²) in [6.07, 6.45) is 2.62. The first-order valence-electron chi connectivity index (χ1n) is 9.18. The average molecular weight is 340 g/mol. The number of aliphatic hydroxyl groups is 1. The van der Waals surface area contributed by atoms with E-state index in [2.05, 4.69) is 28.9 Å². The van der Waals surface area contributed by atoms with Gasteiger partial charge in [0.05, 0.1) is 17.7 Å². The Labute approximate surface area is 149 Å². The average Bonchev–Trinajstić information content (AvgIpc) is 3.15. The minimum absolute atomic E-state index is 0.0429. The standard InChI is InChI=1S/C21H28N2O2/c1-14-12-19(21(25)22-13-18-10-7-11-20(18)24)16(3)23(14)15(2)17-8-5-4-6-9-17/h4-6,8-9,12,15,18,20,24H,7,10-11,13H2,1-3H3,(H,22,25). The maximum Gasteiger partial charge on any atom is 0.253 e. The van der Waals surface area contributed by atoms with Crippen molar-refractivity contribution in [3.05, 3.63) is 58.9 Å². The summed E-state index contributed by atoms with van der Waals surface area (Å²) in [5, 5.41) is 12.9. The van der Waals surface area contributed by atoms with Gasteiger partial charge in [0.2, 0.25) is 0 Å². The Morgan fingerprint density at radius 1 is 1.28 bits per heavy atom. The molecule has 2 N–H and O–H groups in total. The number of benzene rings is 1. The van der Waals surface area contributed by atoms with E-state index in [9.17, 15) is 9.90 Å². The van der Waals surface area contributed by atoms with Crippen LogP contribution in [0.15, 0.2) is 36.4 Å². The highest BCUT2D eigenvalue weighted by molar-refractivity contribution is 5.95. The van der Waals surface area contributed by atoms with Crippen LogP contribution in [0.3, 0.4) is 0 Å². The third-order valence-corrected chi connectivity index (χ3v) is 5.54. The minimum atomic E-state index is -0.272. The zero-order valence-electron chi connectivity index (χ0n) is 15.3. The molecule has 1 aliphatic rings. The number of aliphatic hydroxyl groups excluding tert-OH is 1. The van der Waals surface area contributed by atoms with Crippen LogP contribution in [-0.4, -0.2) is 28.2 Å².